The summed E-state index contributed by atoms with van der Waals surface area (Å²) in [4.78, 5) is 0. The van der Waals surface area contributed by atoms with Crippen molar-refractivity contribution in [3.05, 3.63) is 65.7 Å². The molecule has 2 heteroatoms. The predicted octanol–water partition coefficient (Wildman–Crippen LogP) is 2.86. The van der Waals surface area contributed by atoms with Gasteiger partial charge < -0.3 is 4.74 Å². The summed E-state index contributed by atoms with van der Waals surface area (Å²) in [6.07, 6.45) is 0. The topological polar surface area (TPSA) is 9.23 Å². The highest BCUT2D eigenvalue weighted by Gasteiger charge is 2.05. The Morgan fingerprint density at radius 3 is 2.44 bits per heavy atom. The van der Waals surface area contributed by atoms with E-state index in [9.17, 15) is 0 Å². The molecule has 2 radical (unpaired) electrons. The zero-order valence-electron chi connectivity index (χ0n) is 10.7. The number of benzene rings is 2. The molecular formula is C16H15BO. The van der Waals surface area contributed by atoms with Crippen LogP contribution in [0.5, 0.6) is 5.75 Å². The molecule has 1 nitrogen and oxygen atoms in total. The average molecular weight is 234 g/mol. The first-order chi connectivity index (χ1) is 8.61. The molecule has 2 aromatic rings. The van der Waals surface area contributed by atoms with Crippen molar-refractivity contribution in [2.24, 2.45) is 0 Å². The molecule has 18 heavy (non-hydrogen) atoms. The molecule has 0 N–H and O–H groups in total. The van der Waals surface area contributed by atoms with E-state index in [0.29, 0.717) is 0 Å². The fraction of sp³-hybridized carbons (Fsp3) is 0.125. The molecule has 0 spiro atoms. The van der Waals surface area contributed by atoms with Crippen molar-refractivity contribution >= 4 is 18.9 Å². The smallest absolute Gasteiger partial charge is 0.121 e. The van der Waals surface area contributed by atoms with Crippen molar-refractivity contribution in [1.82, 2.24) is 0 Å². The second kappa shape index (κ2) is 5.13. The van der Waals surface area contributed by atoms with Crippen molar-refractivity contribution in [2.45, 2.75) is 6.92 Å². The van der Waals surface area contributed by atoms with Gasteiger partial charge >= 0.3 is 0 Å². The number of aryl methyl sites for hydroxylation is 1. The molecule has 88 valence electrons. The zero-order chi connectivity index (χ0) is 13.1. The number of hydrogen-bond acceptors (Lipinski definition) is 1. The number of methoxy groups -OCH3 is 1. The van der Waals surface area contributed by atoms with Crippen LogP contribution in [0.3, 0.4) is 0 Å². The van der Waals surface area contributed by atoms with E-state index in [1.54, 1.807) is 7.11 Å². The Labute approximate surface area is 110 Å². The van der Waals surface area contributed by atoms with E-state index in [2.05, 4.69) is 12.6 Å². The molecule has 2 aromatic carbocycles. The van der Waals surface area contributed by atoms with Crippen LogP contribution in [0.4, 0.5) is 0 Å². The number of hydrogen-bond donors (Lipinski definition) is 0. The molecule has 0 saturated carbocycles. The molecule has 0 amide bonds. The van der Waals surface area contributed by atoms with Crippen LogP contribution >= 0.6 is 0 Å². The minimum Gasteiger partial charge on any atom is -0.496 e. The quantitative estimate of drug-likeness (QED) is 0.742. The normalized spacial score (nSPS) is 10.1. The molecule has 0 heterocycles. The van der Waals surface area contributed by atoms with E-state index in [1.807, 2.05) is 43.3 Å². The molecule has 2 rings (SSSR count). The second-order valence-corrected chi connectivity index (χ2v) is 4.29. The van der Waals surface area contributed by atoms with Gasteiger partial charge in [-0.2, -0.15) is 0 Å². The Bertz CT molecular complexity index is 587. The van der Waals surface area contributed by atoms with E-state index in [-0.39, 0.29) is 0 Å². The van der Waals surface area contributed by atoms with Gasteiger partial charge in [-0.1, -0.05) is 42.4 Å². The van der Waals surface area contributed by atoms with Gasteiger partial charge in [0.25, 0.3) is 0 Å². The minimum absolute atomic E-state index is 0.749. The first-order valence-corrected chi connectivity index (χ1v) is 5.81. The molecule has 0 unspecified atom stereocenters. The van der Waals surface area contributed by atoms with Gasteiger partial charge in [-0.15, -0.1) is 0 Å². The van der Waals surface area contributed by atoms with Crippen molar-refractivity contribution in [3.8, 4) is 5.75 Å². The molecule has 0 atom stereocenters. The highest BCUT2D eigenvalue weighted by atomic mass is 16.5. The van der Waals surface area contributed by atoms with Crippen LogP contribution in [0.1, 0.15) is 16.7 Å². The third kappa shape index (κ3) is 2.48. The summed E-state index contributed by atoms with van der Waals surface area (Å²) in [5, 5.41) is 0. The summed E-state index contributed by atoms with van der Waals surface area (Å²) in [6.45, 7) is 6.16. The average Bonchev–Trinajstić information content (AvgIpc) is 2.37. The van der Waals surface area contributed by atoms with E-state index in [4.69, 9.17) is 12.6 Å². The molecular weight excluding hydrogens is 219 g/mol. The third-order valence-corrected chi connectivity index (χ3v) is 2.98. The van der Waals surface area contributed by atoms with Gasteiger partial charge in [-0.05, 0) is 41.3 Å². The molecule has 0 fully saturated rings. The highest BCUT2D eigenvalue weighted by Crippen LogP contribution is 2.26. The second-order valence-electron chi connectivity index (χ2n) is 4.29. The summed E-state index contributed by atoms with van der Waals surface area (Å²) in [5.41, 5.74) is 4.94. The van der Waals surface area contributed by atoms with Crippen LogP contribution in [-0.2, 0) is 0 Å². The summed E-state index contributed by atoms with van der Waals surface area (Å²) in [7, 11) is 7.46. The molecule has 0 saturated heterocycles. The standard InChI is InChI=1S/C16H15BO/c1-11-9-14(7-8-16(11)18-3)12(2)13-5-4-6-15(17)10-13/h4-10H,2H2,1,3H3. The van der Waals surface area contributed by atoms with Gasteiger partial charge in [-0.25, -0.2) is 0 Å². The zero-order valence-corrected chi connectivity index (χ0v) is 10.7. The first-order valence-electron chi connectivity index (χ1n) is 5.81. The monoisotopic (exact) mass is 234 g/mol. The minimum atomic E-state index is 0.749. The van der Waals surface area contributed by atoms with Crippen LogP contribution in [0.25, 0.3) is 5.57 Å². The Morgan fingerprint density at radius 2 is 1.83 bits per heavy atom. The van der Waals surface area contributed by atoms with Crippen molar-refractivity contribution < 1.29 is 4.74 Å². The lowest BCUT2D eigenvalue weighted by atomic mass is 9.90. The van der Waals surface area contributed by atoms with Crippen LogP contribution in [0, 0.1) is 6.92 Å². The van der Waals surface area contributed by atoms with Crippen LogP contribution in [0.15, 0.2) is 49.0 Å². The Balaban J connectivity index is 2.37. The first kappa shape index (κ1) is 12.5. The Kier molecular flexibility index (Phi) is 3.56. The summed E-state index contributed by atoms with van der Waals surface area (Å²) in [5.74, 6) is 0.888. The fourth-order valence-corrected chi connectivity index (χ4v) is 1.96. The fourth-order valence-electron chi connectivity index (χ4n) is 1.96. The summed E-state index contributed by atoms with van der Waals surface area (Å²) >= 11 is 0. The summed E-state index contributed by atoms with van der Waals surface area (Å²) in [6, 6.07) is 13.8. The van der Waals surface area contributed by atoms with E-state index in [0.717, 1.165) is 33.5 Å². The Morgan fingerprint density at radius 1 is 1.11 bits per heavy atom. The van der Waals surface area contributed by atoms with E-state index >= 15 is 0 Å². The highest BCUT2D eigenvalue weighted by molar-refractivity contribution is 6.32. The van der Waals surface area contributed by atoms with Gasteiger partial charge in [0.2, 0.25) is 0 Å². The lowest BCUT2D eigenvalue weighted by molar-refractivity contribution is 0.411. The Hall–Kier alpha value is -1.96. The SMILES string of the molecule is [B]c1cccc(C(=C)c2ccc(OC)c(C)c2)c1. The maximum Gasteiger partial charge on any atom is 0.121 e. The lowest BCUT2D eigenvalue weighted by Gasteiger charge is -2.10. The molecule has 0 aliphatic rings. The van der Waals surface area contributed by atoms with Gasteiger partial charge in [0.1, 0.15) is 13.6 Å². The van der Waals surface area contributed by atoms with Crippen LogP contribution < -0.4 is 10.2 Å². The van der Waals surface area contributed by atoms with Crippen molar-refractivity contribution in [1.29, 1.82) is 0 Å². The largest absolute Gasteiger partial charge is 0.496 e. The summed E-state index contributed by atoms with van der Waals surface area (Å²) < 4.78 is 5.25. The lowest BCUT2D eigenvalue weighted by Crippen LogP contribution is -2.02. The van der Waals surface area contributed by atoms with E-state index < -0.39 is 0 Å². The maximum absolute atomic E-state index is 5.79. The molecule has 0 bridgehead atoms. The van der Waals surface area contributed by atoms with Crippen molar-refractivity contribution in [3.63, 3.8) is 0 Å². The van der Waals surface area contributed by atoms with E-state index in [1.165, 1.54) is 0 Å². The maximum atomic E-state index is 5.79. The van der Waals surface area contributed by atoms with Crippen LogP contribution in [0.2, 0.25) is 0 Å². The molecule has 0 aromatic heterocycles. The predicted molar refractivity (Wildman–Crippen MR) is 77.7 cm³/mol. The van der Waals surface area contributed by atoms with Crippen LogP contribution in [-0.4, -0.2) is 15.0 Å². The number of rotatable bonds is 3. The third-order valence-electron chi connectivity index (χ3n) is 2.98. The molecule has 0 aliphatic heterocycles. The van der Waals surface area contributed by atoms with Crippen molar-refractivity contribution in [2.75, 3.05) is 7.11 Å². The van der Waals surface area contributed by atoms with Gasteiger partial charge in [0.05, 0.1) is 7.11 Å². The van der Waals surface area contributed by atoms with Gasteiger partial charge in [0, 0.05) is 0 Å². The van der Waals surface area contributed by atoms with Gasteiger partial charge in [-0.3, -0.25) is 0 Å². The number of ether oxygens (including phenoxy) is 1. The van der Waals surface area contributed by atoms with Gasteiger partial charge in [0.15, 0.2) is 0 Å². The molecule has 0 aliphatic carbocycles.